The Hall–Kier alpha value is -2.16. The first-order chi connectivity index (χ1) is 7.88. The van der Waals surface area contributed by atoms with Crippen molar-refractivity contribution in [1.29, 1.82) is 0 Å². The van der Waals surface area contributed by atoms with Crippen LogP contribution in [0.15, 0.2) is 59.6 Å². The van der Waals surface area contributed by atoms with Crippen LogP contribution in [0.4, 0.5) is 10.4 Å². The summed E-state index contributed by atoms with van der Waals surface area (Å²) in [5.41, 5.74) is 2.02. The number of methoxy groups -OCH3 is 1. The van der Waals surface area contributed by atoms with Gasteiger partial charge in [-0.2, -0.15) is 0 Å². The molecule has 0 aromatic heterocycles. The van der Waals surface area contributed by atoms with Gasteiger partial charge in [0, 0.05) is 6.21 Å². The second-order valence-electron chi connectivity index (χ2n) is 3.37. The molecule has 2 aromatic carbocycles. The van der Waals surface area contributed by atoms with Gasteiger partial charge in [0.25, 0.3) is 0 Å². The van der Waals surface area contributed by atoms with Crippen LogP contribution >= 0.6 is 0 Å². The van der Waals surface area contributed by atoms with E-state index in [1.54, 1.807) is 7.11 Å². The Morgan fingerprint density at radius 3 is 2.18 bits per heavy atom. The molecule has 2 rings (SSSR count). The highest BCUT2D eigenvalue weighted by Crippen LogP contribution is 2.12. The third-order valence-electron chi connectivity index (χ3n) is 2.23. The smallest absolute Gasteiger partial charge is 0.118 e. The predicted molar refractivity (Wildman–Crippen MR) is 69.2 cm³/mol. The maximum Gasteiger partial charge on any atom is 0.118 e. The molecule has 0 N–H and O–H groups in total. The molecular formula is C14H14FNO. The second-order valence-corrected chi connectivity index (χ2v) is 3.37. The quantitative estimate of drug-likeness (QED) is 0.739. The summed E-state index contributed by atoms with van der Waals surface area (Å²) in [6.07, 6.45) is 1.84. The van der Waals surface area contributed by atoms with Crippen molar-refractivity contribution in [3.63, 3.8) is 0 Å². The van der Waals surface area contributed by atoms with Crippen LogP contribution in [-0.4, -0.2) is 13.3 Å². The summed E-state index contributed by atoms with van der Waals surface area (Å²) in [5.74, 6) is 0.858. The zero-order chi connectivity index (χ0) is 11.2. The summed E-state index contributed by atoms with van der Waals surface area (Å²) < 4.78 is 5.09. The van der Waals surface area contributed by atoms with Gasteiger partial charge in [-0.25, -0.2) is 0 Å². The third-order valence-corrected chi connectivity index (χ3v) is 2.23. The Balaban J connectivity index is 0.00000144. The Bertz CT molecular complexity index is 465. The summed E-state index contributed by atoms with van der Waals surface area (Å²) in [6.45, 7) is 0. The number of ether oxygens (including phenoxy) is 1. The molecule has 0 unspecified atom stereocenters. The molecule has 0 aliphatic heterocycles. The Kier molecular flexibility index (Phi) is 4.88. The third kappa shape index (κ3) is 3.72. The van der Waals surface area contributed by atoms with Gasteiger partial charge < -0.3 is 4.74 Å². The average molecular weight is 231 g/mol. The number of nitrogens with zero attached hydrogens (tertiary/aromatic N) is 1. The molecule has 0 atom stereocenters. The van der Waals surface area contributed by atoms with Gasteiger partial charge in [0.15, 0.2) is 0 Å². The van der Waals surface area contributed by atoms with E-state index in [1.165, 1.54) is 0 Å². The minimum Gasteiger partial charge on any atom is -0.497 e. The van der Waals surface area contributed by atoms with Gasteiger partial charge in [-0.15, -0.1) is 0 Å². The van der Waals surface area contributed by atoms with Crippen LogP contribution in [0.1, 0.15) is 5.56 Å². The summed E-state index contributed by atoms with van der Waals surface area (Å²) in [6, 6.07) is 17.7. The van der Waals surface area contributed by atoms with Crippen molar-refractivity contribution in [2.24, 2.45) is 4.99 Å². The van der Waals surface area contributed by atoms with E-state index in [0.29, 0.717) is 0 Å². The first kappa shape index (κ1) is 12.9. The molecule has 0 fully saturated rings. The summed E-state index contributed by atoms with van der Waals surface area (Å²) in [5, 5.41) is 0. The summed E-state index contributed by atoms with van der Waals surface area (Å²) >= 11 is 0. The minimum atomic E-state index is 0. The molecule has 0 saturated carbocycles. The predicted octanol–water partition coefficient (Wildman–Crippen LogP) is 3.60. The SMILES string of the molecule is COc1ccc(C=Nc2ccccc2)cc1.F. The number of para-hydroxylation sites is 1. The first-order valence-corrected chi connectivity index (χ1v) is 5.11. The van der Waals surface area contributed by atoms with Crippen LogP contribution in [0.2, 0.25) is 0 Å². The number of hydrogen-bond acceptors (Lipinski definition) is 2. The lowest BCUT2D eigenvalue weighted by Gasteiger charge is -1.98. The zero-order valence-corrected chi connectivity index (χ0v) is 9.54. The molecule has 0 heterocycles. The van der Waals surface area contributed by atoms with E-state index >= 15 is 0 Å². The van der Waals surface area contributed by atoms with Gasteiger partial charge in [0.1, 0.15) is 5.75 Å². The molecule has 88 valence electrons. The minimum absolute atomic E-state index is 0. The Morgan fingerprint density at radius 2 is 1.59 bits per heavy atom. The monoisotopic (exact) mass is 231 g/mol. The molecule has 0 amide bonds. The zero-order valence-electron chi connectivity index (χ0n) is 9.54. The van der Waals surface area contributed by atoms with Crippen molar-refractivity contribution >= 4 is 11.9 Å². The average Bonchev–Trinajstić information content (AvgIpc) is 2.38. The molecule has 0 aliphatic carbocycles. The van der Waals surface area contributed by atoms with E-state index in [1.807, 2.05) is 60.8 Å². The van der Waals surface area contributed by atoms with E-state index in [-0.39, 0.29) is 4.70 Å². The highest BCUT2D eigenvalue weighted by molar-refractivity contribution is 5.82. The molecule has 17 heavy (non-hydrogen) atoms. The molecule has 0 saturated heterocycles. The van der Waals surface area contributed by atoms with Crippen molar-refractivity contribution in [3.05, 3.63) is 60.2 Å². The largest absolute Gasteiger partial charge is 0.497 e. The molecule has 2 nitrogen and oxygen atoms in total. The van der Waals surface area contributed by atoms with Crippen LogP contribution in [0, 0.1) is 0 Å². The van der Waals surface area contributed by atoms with Gasteiger partial charge >= 0.3 is 0 Å². The lowest BCUT2D eigenvalue weighted by atomic mass is 10.2. The first-order valence-electron chi connectivity index (χ1n) is 5.11. The fourth-order valence-corrected chi connectivity index (χ4v) is 1.35. The fourth-order valence-electron chi connectivity index (χ4n) is 1.35. The van der Waals surface area contributed by atoms with E-state index in [4.69, 9.17) is 4.74 Å². The van der Waals surface area contributed by atoms with E-state index < -0.39 is 0 Å². The van der Waals surface area contributed by atoms with Crippen molar-refractivity contribution in [2.45, 2.75) is 0 Å². The van der Waals surface area contributed by atoms with Gasteiger partial charge in [0.2, 0.25) is 0 Å². The fraction of sp³-hybridized carbons (Fsp3) is 0.0714. The standard InChI is InChI=1S/C14H13NO.FH/c1-16-14-9-7-12(8-10-14)11-15-13-5-3-2-4-6-13;/h2-11H,1H3;1H. The molecule has 0 bridgehead atoms. The topological polar surface area (TPSA) is 21.6 Å². The molecule has 2 aromatic rings. The van der Waals surface area contributed by atoms with Crippen LogP contribution in [0.3, 0.4) is 0 Å². The maximum atomic E-state index is 5.09. The molecule has 0 radical (unpaired) electrons. The van der Waals surface area contributed by atoms with Crippen molar-refractivity contribution in [3.8, 4) is 5.75 Å². The number of rotatable bonds is 3. The van der Waals surface area contributed by atoms with Crippen molar-refractivity contribution in [2.75, 3.05) is 7.11 Å². The second kappa shape index (κ2) is 6.43. The normalized spacial score (nSPS) is 9.94. The molecule has 3 heteroatoms. The highest BCUT2D eigenvalue weighted by atomic mass is 19.0. The number of benzene rings is 2. The Morgan fingerprint density at radius 1 is 0.941 bits per heavy atom. The van der Waals surface area contributed by atoms with Gasteiger partial charge in [0.05, 0.1) is 12.8 Å². The summed E-state index contributed by atoms with van der Waals surface area (Å²) in [4.78, 5) is 4.37. The van der Waals surface area contributed by atoms with Crippen LogP contribution in [0.5, 0.6) is 5.75 Å². The van der Waals surface area contributed by atoms with E-state index in [2.05, 4.69) is 4.99 Å². The molecule has 0 spiro atoms. The van der Waals surface area contributed by atoms with Gasteiger partial charge in [-0.05, 0) is 42.0 Å². The van der Waals surface area contributed by atoms with Crippen LogP contribution in [0.25, 0.3) is 0 Å². The van der Waals surface area contributed by atoms with E-state index in [0.717, 1.165) is 17.0 Å². The lowest BCUT2D eigenvalue weighted by Crippen LogP contribution is -1.84. The number of aliphatic imine (C=N–C) groups is 1. The lowest BCUT2D eigenvalue weighted by molar-refractivity contribution is 0.415. The van der Waals surface area contributed by atoms with E-state index in [9.17, 15) is 0 Å². The van der Waals surface area contributed by atoms with Crippen LogP contribution in [-0.2, 0) is 0 Å². The van der Waals surface area contributed by atoms with Crippen molar-refractivity contribution in [1.82, 2.24) is 0 Å². The molecule has 0 aliphatic rings. The van der Waals surface area contributed by atoms with Crippen molar-refractivity contribution < 1.29 is 9.44 Å². The molecular weight excluding hydrogens is 217 g/mol. The highest BCUT2D eigenvalue weighted by Gasteiger charge is 1.90. The van der Waals surface area contributed by atoms with Crippen LogP contribution < -0.4 is 4.74 Å². The summed E-state index contributed by atoms with van der Waals surface area (Å²) in [7, 11) is 1.66. The van der Waals surface area contributed by atoms with Gasteiger partial charge in [-0.3, -0.25) is 9.70 Å². The van der Waals surface area contributed by atoms with Gasteiger partial charge in [-0.1, -0.05) is 18.2 Å². The number of halogens is 1. The number of hydrogen-bond donors (Lipinski definition) is 0. The Labute approximate surface area is 100.0 Å². The maximum absolute atomic E-state index is 5.09.